The Hall–Kier alpha value is -1.86. The molecular weight excluding hydrogens is 256 g/mol. The third-order valence-corrected chi connectivity index (χ3v) is 5.28. The third-order valence-electron chi connectivity index (χ3n) is 5.28. The zero-order valence-electron chi connectivity index (χ0n) is 12.0. The maximum absolute atomic E-state index is 11.6. The van der Waals surface area contributed by atoms with E-state index in [1.165, 1.54) is 11.1 Å². The molecule has 0 aromatic heterocycles. The second-order valence-electron chi connectivity index (χ2n) is 6.32. The molecule has 0 radical (unpaired) electrons. The quantitative estimate of drug-likeness (QED) is 0.835. The van der Waals surface area contributed by atoms with Crippen LogP contribution in [0.3, 0.4) is 0 Å². The number of fused-ring (bicyclic) bond motifs is 2. The van der Waals surface area contributed by atoms with E-state index >= 15 is 0 Å². The first-order valence-corrected chi connectivity index (χ1v) is 7.80. The average molecular weight is 276 g/mol. The van der Waals surface area contributed by atoms with Crippen molar-refractivity contribution in [2.75, 3.05) is 0 Å². The van der Waals surface area contributed by atoms with Gasteiger partial charge >= 0.3 is 0 Å². The van der Waals surface area contributed by atoms with E-state index in [-0.39, 0.29) is 17.8 Å². The smallest absolute Gasteiger partial charge is 0.0880 e. The fourth-order valence-electron chi connectivity index (χ4n) is 4.31. The number of rotatable bonds is 3. The van der Waals surface area contributed by atoms with Crippen LogP contribution in [0.4, 0.5) is 0 Å². The van der Waals surface area contributed by atoms with Crippen molar-refractivity contribution >= 4 is 0 Å². The Balaban J connectivity index is 1.86. The van der Waals surface area contributed by atoms with Crippen molar-refractivity contribution < 1.29 is 5.11 Å². The van der Waals surface area contributed by atoms with Gasteiger partial charge in [-0.25, -0.2) is 0 Å². The predicted octanol–water partition coefficient (Wildman–Crippen LogP) is 4.15. The van der Waals surface area contributed by atoms with E-state index in [1.807, 2.05) is 12.1 Å². The minimum atomic E-state index is -0.664. The van der Waals surface area contributed by atoms with Crippen molar-refractivity contribution in [2.24, 2.45) is 11.8 Å². The molecule has 0 amide bonds. The first-order chi connectivity index (χ1) is 10.3. The summed E-state index contributed by atoms with van der Waals surface area (Å²) >= 11 is 0. The highest BCUT2D eigenvalue weighted by atomic mass is 16.3. The first kappa shape index (κ1) is 12.8. The largest absolute Gasteiger partial charge is 0.388 e. The van der Waals surface area contributed by atoms with Crippen molar-refractivity contribution in [3.8, 4) is 0 Å². The molecule has 4 rings (SSSR count). The number of aliphatic hydroxyl groups is 1. The average Bonchev–Trinajstić information content (AvgIpc) is 3.03. The van der Waals surface area contributed by atoms with Crippen LogP contribution in [0.25, 0.3) is 0 Å². The van der Waals surface area contributed by atoms with Gasteiger partial charge in [-0.3, -0.25) is 0 Å². The van der Waals surface area contributed by atoms with Crippen LogP contribution in [0, 0.1) is 11.8 Å². The summed E-state index contributed by atoms with van der Waals surface area (Å²) in [4.78, 5) is 0. The molecule has 1 heteroatoms. The molecule has 2 aromatic carbocycles. The lowest BCUT2D eigenvalue weighted by Gasteiger charge is -2.38. The second-order valence-corrected chi connectivity index (χ2v) is 6.32. The Morgan fingerprint density at radius 3 is 1.57 bits per heavy atom. The lowest BCUT2D eigenvalue weighted by atomic mass is 9.71. The molecule has 106 valence electrons. The summed E-state index contributed by atoms with van der Waals surface area (Å²) in [6, 6.07) is 20.9. The van der Waals surface area contributed by atoms with Crippen molar-refractivity contribution in [2.45, 2.75) is 24.4 Å². The number of hydrogen-bond donors (Lipinski definition) is 1. The van der Waals surface area contributed by atoms with Gasteiger partial charge in [-0.1, -0.05) is 72.8 Å². The van der Waals surface area contributed by atoms with Gasteiger partial charge in [-0.05, 0) is 24.0 Å². The van der Waals surface area contributed by atoms with Crippen molar-refractivity contribution in [3.05, 3.63) is 83.9 Å². The Bertz CT molecular complexity index is 591. The maximum atomic E-state index is 11.6. The summed E-state index contributed by atoms with van der Waals surface area (Å²) in [5.74, 6) is 0.619. The van der Waals surface area contributed by atoms with Gasteiger partial charge in [-0.15, -0.1) is 0 Å². The van der Waals surface area contributed by atoms with Crippen LogP contribution in [0.5, 0.6) is 0 Å². The molecule has 1 saturated carbocycles. The van der Waals surface area contributed by atoms with E-state index in [0.717, 1.165) is 12.8 Å². The van der Waals surface area contributed by atoms with E-state index < -0.39 is 5.60 Å². The number of benzene rings is 2. The molecular formula is C20H20O. The highest BCUT2D eigenvalue weighted by Crippen LogP contribution is 2.55. The van der Waals surface area contributed by atoms with Crippen LogP contribution in [0.2, 0.25) is 0 Å². The van der Waals surface area contributed by atoms with Crippen molar-refractivity contribution in [1.82, 2.24) is 0 Å². The summed E-state index contributed by atoms with van der Waals surface area (Å²) in [5.41, 5.74) is 1.77. The predicted molar refractivity (Wildman–Crippen MR) is 85.0 cm³/mol. The fourth-order valence-corrected chi connectivity index (χ4v) is 4.31. The van der Waals surface area contributed by atoms with Crippen molar-refractivity contribution in [1.29, 1.82) is 0 Å². The Labute approximate surface area is 126 Å². The molecule has 2 aromatic rings. The summed E-state index contributed by atoms with van der Waals surface area (Å²) < 4.78 is 0. The second kappa shape index (κ2) is 4.85. The van der Waals surface area contributed by atoms with Gasteiger partial charge in [-0.2, -0.15) is 0 Å². The molecule has 2 bridgehead atoms. The van der Waals surface area contributed by atoms with Crippen LogP contribution in [-0.2, 0) is 0 Å². The molecule has 0 saturated heterocycles. The summed E-state index contributed by atoms with van der Waals surface area (Å²) in [6.07, 6.45) is 6.67. The molecule has 1 unspecified atom stereocenters. The monoisotopic (exact) mass is 276 g/mol. The van der Waals surface area contributed by atoms with Gasteiger partial charge in [0.2, 0.25) is 0 Å². The molecule has 0 aliphatic heterocycles. The molecule has 1 N–H and O–H groups in total. The Morgan fingerprint density at radius 1 is 0.762 bits per heavy atom. The summed E-state index contributed by atoms with van der Waals surface area (Å²) in [6.45, 7) is 0. The van der Waals surface area contributed by atoms with Crippen LogP contribution >= 0.6 is 0 Å². The van der Waals surface area contributed by atoms with Gasteiger partial charge in [0.15, 0.2) is 0 Å². The van der Waals surface area contributed by atoms with E-state index in [2.05, 4.69) is 60.7 Å². The third kappa shape index (κ3) is 1.88. The van der Waals surface area contributed by atoms with Crippen LogP contribution in [0.1, 0.15) is 29.9 Å². The van der Waals surface area contributed by atoms with E-state index in [0.29, 0.717) is 0 Å². The lowest BCUT2D eigenvalue weighted by molar-refractivity contribution is -0.0126. The SMILES string of the molecule is OC1(C(c2ccccc2)c2ccccc2)[C@@H]2C=C[C@H]1CC2. The van der Waals surface area contributed by atoms with Crippen LogP contribution in [0.15, 0.2) is 72.8 Å². The van der Waals surface area contributed by atoms with Gasteiger partial charge in [0.25, 0.3) is 0 Å². The molecule has 2 aliphatic carbocycles. The lowest BCUT2D eigenvalue weighted by Crippen LogP contribution is -2.42. The van der Waals surface area contributed by atoms with Crippen molar-refractivity contribution in [3.63, 3.8) is 0 Å². The van der Waals surface area contributed by atoms with Crippen LogP contribution in [-0.4, -0.2) is 10.7 Å². The van der Waals surface area contributed by atoms with E-state index in [1.54, 1.807) is 0 Å². The first-order valence-electron chi connectivity index (χ1n) is 7.80. The van der Waals surface area contributed by atoms with Gasteiger partial charge < -0.3 is 5.11 Å². The summed E-state index contributed by atoms with van der Waals surface area (Å²) in [7, 11) is 0. The fraction of sp³-hybridized carbons (Fsp3) is 0.300. The molecule has 3 atom stereocenters. The molecule has 0 heterocycles. The molecule has 0 spiro atoms. The Kier molecular flexibility index (Phi) is 2.97. The van der Waals surface area contributed by atoms with Gasteiger partial charge in [0.1, 0.15) is 0 Å². The van der Waals surface area contributed by atoms with E-state index in [9.17, 15) is 5.11 Å². The zero-order valence-corrected chi connectivity index (χ0v) is 12.0. The molecule has 2 aliphatic rings. The highest BCUT2D eigenvalue weighted by molar-refractivity contribution is 5.40. The van der Waals surface area contributed by atoms with Crippen LogP contribution < -0.4 is 0 Å². The molecule has 21 heavy (non-hydrogen) atoms. The minimum Gasteiger partial charge on any atom is -0.388 e. The standard InChI is InChI=1S/C20H20O/c21-20(17-11-12-18(20)14-13-17)19(15-7-3-1-4-8-15)16-9-5-2-6-10-16/h1-12,17-19,21H,13-14H2/t17-,18+,20?. The van der Waals surface area contributed by atoms with Gasteiger partial charge in [0, 0.05) is 17.8 Å². The normalized spacial score (nSPS) is 30.2. The highest BCUT2D eigenvalue weighted by Gasteiger charge is 2.55. The maximum Gasteiger partial charge on any atom is 0.0880 e. The van der Waals surface area contributed by atoms with E-state index in [4.69, 9.17) is 0 Å². The minimum absolute atomic E-state index is 0.0485. The van der Waals surface area contributed by atoms with Gasteiger partial charge in [0.05, 0.1) is 5.60 Å². The number of hydrogen-bond acceptors (Lipinski definition) is 1. The molecule has 1 nitrogen and oxygen atoms in total. The Morgan fingerprint density at radius 2 is 1.19 bits per heavy atom. The zero-order chi connectivity index (χ0) is 14.3. The topological polar surface area (TPSA) is 20.2 Å². The molecule has 1 fully saturated rings. The summed E-state index contributed by atoms with van der Waals surface area (Å²) in [5, 5.41) is 11.6.